The van der Waals surface area contributed by atoms with Crippen molar-refractivity contribution in [2.45, 2.75) is 19.8 Å². The molecule has 1 aliphatic rings. The number of rotatable bonds is 9. The first-order valence-electron chi connectivity index (χ1n) is 9.99. The number of aromatic nitrogens is 1. The number of hydrogen-bond donors (Lipinski definition) is 1. The van der Waals surface area contributed by atoms with Gasteiger partial charge in [0.25, 0.3) is 0 Å². The molecule has 1 heterocycles. The number of aryl methyl sites for hydroxylation is 1. The molecule has 2 aromatic rings. The van der Waals surface area contributed by atoms with E-state index in [0.717, 1.165) is 18.4 Å². The molecule has 1 amide bonds. The molecule has 0 aliphatic heterocycles. The Bertz CT molecular complexity index is 1070. The number of alkyl halides is 1. The predicted octanol–water partition coefficient (Wildman–Crippen LogP) is 5.26. The van der Waals surface area contributed by atoms with E-state index >= 15 is 0 Å². The summed E-state index contributed by atoms with van der Waals surface area (Å²) in [7, 11) is 1.53. The Morgan fingerprint density at radius 1 is 1.23 bits per heavy atom. The van der Waals surface area contributed by atoms with Crippen LogP contribution in [0, 0.1) is 12.3 Å². The number of nitrogens with one attached hydrogen (secondary N) is 1. The molecule has 1 aliphatic carbocycles. The summed E-state index contributed by atoms with van der Waals surface area (Å²) in [6.07, 6.45) is 8.67. The normalized spacial score (nSPS) is 14.9. The molecule has 3 rings (SSSR count). The number of para-hydroxylation sites is 1. The maximum absolute atomic E-state index is 13.0. The maximum atomic E-state index is 13.0. The lowest BCUT2D eigenvalue weighted by atomic mass is 9.93. The van der Waals surface area contributed by atoms with Crippen molar-refractivity contribution in [3.8, 4) is 5.75 Å². The van der Waals surface area contributed by atoms with Gasteiger partial charge in [-0.2, -0.15) is 0 Å². The van der Waals surface area contributed by atoms with Gasteiger partial charge < -0.3 is 10.1 Å². The van der Waals surface area contributed by atoms with Crippen molar-refractivity contribution in [1.29, 1.82) is 0 Å². The Hall–Kier alpha value is -3.18. The summed E-state index contributed by atoms with van der Waals surface area (Å²) in [5.41, 5.74) is 1.73. The van der Waals surface area contributed by atoms with Crippen molar-refractivity contribution in [2.75, 3.05) is 18.3 Å². The van der Waals surface area contributed by atoms with Crippen LogP contribution in [-0.2, 0) is 4.79 Å². The fraction of sp³-hybridized carbons (Fsp3) is 0.240. The average Bonchev–Trinajstić information content (AvgIpc) is 3.58. The van der Waals surface area contributed by atoms with Gasteiger partial charge in [0.15, 0.2) is 5.78 Å². The number of carbonyl (C=O) groups excluding carboxylic acids is 2. The monoisotopic (exact) mass is 436 g/mol. The summed E-state index contributed by atoms with van der Waals surface area (Å²) in [6.45, 7) is 5.49. The van der Waals surface area contributed by atoms with Gasteiger partial charge in [-0.25, -0.2) is 4.98 Å². The number of pyridine rings is 1. The van der Waals surface area contributed by atoms with Crippen LogP contribution in [-0.4, -0.2) is 29.7 Å². The number of ether oxygens (including phenoxy) is 1. The van der Waals surface area contributed by atoms with E-state index in [9.17, 15) is 9.59 Å². The molecule has 1 N–H and O–H groups in total. The average molecular weight is 437 g/mol. The molecular weight excluding hydrogens is 412 g/mol. The molecule has 1 aromatic carbocycles. The number of hydrogen-bond acceptors (Lipinski definition) is 4. The van der Waals surface area contributed by atoms with Gasteiger partial charge in [-0.3, -0.25) is 9.59 Å². The molecule has 0 atom stereocenters. The van der Waals surface area contributed by atoms with Crippen LogP contribution < -0.4 is 10.1 Å². The van der Waals surface area contributed by atoms with Gasteiger partial charge in [-0.05, 0) is 49.6 Å². The Labute approximate surface area is 187 Å². The highest BCUT2D eigenvalue weighted by atomic mass is 35.5. The highest BCUT2D eigenvalue weighted by Gasteiger charge is 2.51. The fourth-order valence-electron chi connectivity index (χ4n) is 3.53. The fourth-order valence-corrected chi connectivity index (χ4v) is 3.62. The topological polar surface area (TPSA) is 68.3 Å². The Morgan fingerprint density at radius 3 is 2.58 bits per heavy atom. The van der Waals surface area contributed by atoms with Gasteiger partial charge in [-0.15, -0.1) is 11.6 Å². The molecular formula is C25H25ClN2O3. The number of nitrogens with zero attached hydrogens (tertiary/aromatic N) is 1. The zero-order valence-electron chi connectivity index (χ0n) is 17.7. The molecule has 31 heavy (non-hydrogen) atoms. The second-order valence-electron chi connectivity index (χ2n) is 7.31. The van der Waals surface area contributed by atoms with Crippen molar-refractivity contribution in [2.24, 2.45) is 5.41 Å². The second-order valence-corrected chi connectivity index (χ2v) is 7.62. The number of ketones is 1. The van der Waals surface area contributed by atoms with Crippen molar-refractivity contribution >= 4 is 29.1 Å². The number of methoxy groups -OCH3 is 1. The van der Waals surface area contributed by atoms with E-state index in [-0.39, 0.29) is 11.7 Å². The zero-order chi connectivity index (χ0) is 22.4. The largest absolute Gasteiger partial charge is 0.496 e. The summed E-state index contributed by atoms with van der Waals surface area (Å²) in [4.78, 5) is 30.5. The summed E-state index contributed by atoms with van der Waals surface area (Å²) < 4.78 is 5.29. The van der Waals surface area contributed by atoms with Crippen molar-refractivity contribution in [3.63, 3.8) is 0 Å². The van der Waals surface area contributed by atoms with Gasteiger partial charge in [0.05, 0.1) is 23.8 Å². The first-order chi connectivity index (χ1) is 15.0. The van der Waals surface area contributed by atoms with Crippen LogP contribution in [0.25, 0.3) is 0 Å². The number of halogens is 1. The summed E-state index contributed by atoms with van der Waals surface area (Å²) in [6, 6.07) is 10.4. The molecule has 0 unspecified atom stereocenters. The Morgan fingerprint density at radius 2 is 1.97 bits per heavy atom. The summed E-state index contributed by atoms with van der Waals surface area (Å²) >= 11 is 5.76. The first-order valence-corrected chi connectivity index (χ1v) is 10.5. The van der Waals surface area contributed by atoms with E-state index < -0.39 is 5.41 Å². The Balaban J connectivity index is 1.81. The molecule has 1 aromatic heterocycles. The van der Waals surface area contributed by atoms with E-state index in [1.54, 1.807) is 43.3 Å². The molecule has 5 nitrogen and oxygen atoms in total. The molecule has 160 valence electrons. The molecule has 0 saturated heterocycles. The number of allylic oxidation sites excluding steroid dienone is 4. The van der Waals surface area contributed by atoms with Crippen LogP contribution in [0.4, 0.5) is 5.82 Å². The van der Waals surface area contributed by atoms with Crippen LogP contribution in [0.3, 0.4) is 0 Å². The smallest absolute Gasteiger partial charge is 0.236 e. The summed E-state index contributed by atoms with van der Waals surface area (Å²) in [5, 5.41) is 2.90. The minimum atomic E-state index is -0.599. The molecule has 0 spiro atoms. The van der Waals surface area contributed by atoms with Crippen LogP contribution >= 0.6 is 11.6 Å². The Kier molecular flexibility index (Phi) is 7.08. The number of benzene rings is 1. The molecule has 0 radical (unpaired) electrons. The van der Waals surface area contributed by atoms with E-state index in [1.165, 1.54) is 7.11 Å². The van der Waals surface area contributed by atoms with Gasteiger partial charge in [0.1, 0.15) is 11.6 Å². The number of anilines is 1. The lowest BCUT2D eigenvalue weighted by molar-refractivity contribution is -0.119. The third-order valence-electron chi connectivity index (χ3n) is 5.34. The van der Waals surface area contributed by atoms with E-state index in [2.05, 4.69) is 16.9 Å². The maximum Gasteiger partial charge on any atom is 0.236 e. The van der Waals surface area contributed by atoms with Crippen LogP contribution in [0.5, 0.6) is 5.75 Å². The molecule has 1 saturated carbocycles. The van der Waals surface area contributed by atoms with Crippen LogP contribution in [0.1, 0.15) is 34.5 Å². The minimum Gasteiger partial charge on any atom is -0.496 e. The van der Waals surface area contributed by atoms with Gasteiger partial charge in [-0.1, -0.05) is 43.0 Å². The molecule has 6 heteroatoms. The van der Waals surface area contributed by atoms with Crippen LogP contribution in [0.15, 0.2) is 72.9 Å². The lowest BCUT2D eigenvalue weighted by Gasteiger charge is -2.17. The second kappa shape index (κ2) is 9.75. The van der Waals surface area contributed by atoms with Crippen LogP contribution in [0.2, 0.25) is 0 Å². The number of carbonyl (C=O) groups is 2. The lowest BCUT2D eigenvalue weighted by Crippen LogP contribution is -2.26. The zero-order valence-corrected chi connectivity index (χ0v) is 18.4. The van der Waals surface area contributed by atoms with E-state index in [0.29, 0.717) is 34.3 Å². The third kappa shape index (κ3) is 4.78. The number of amides is 1. The highest BCUT2D eigenvalue weighted by Crippen LogP contribution is 2.53. The van der Waals surface area contributed by atoms with Gasteiger partial charge in [0, 0.05) is 11.4 Å². The quantitative estimate of drug-likeness (QED) is 0.331. The van der Waals surface area contributed by atoms with Crippen molar-refractivity contribution in [3.05, 3.63) is 89.7 Å². The minimum absolute atomic E-state index is 0.129. The van der Waals surface area contributed by atoms with Crippen molar-refractivity contribution in [1.82, 2.24) is 4.98 Å². The van der Waals surface area contributed by atoms with E-state index in [1.807, 2.05) is 24.3 Å². The van der Waals surface area contributed by atoms with Gasteiger partial charge >= 0.3 is 0 Å². The summed E-state index contributed by atoms with van der Waals surface area (Å²) in [5.74, 6) is 0.974. The molecule has 0 bridgehead atoms. The highest BCUT2D eigenvalue weighted by molar-refractivity contribution is 6.19. The van der Waals surface area contributed by atoms with E-state index in [4.69, 9.17) is 16.3 Å². The predicted molar refractivity (Wildman–Crippen MR) is 124 cm³/mol. The van der Waals surface area contributed by atoms with Crippen molar-refractivity contribution < 1.29 is 14.3 Å². The first kappa shape index (κ1) is 22.5. The molecule has 1 fully saturated rings. The SMILES string of the molecule is C=C/C=C(\C=C/CCl)C1(C(=O)Nc2ccc(C(=O)c3ccccc3OC)c(C)n2)CC1. The standard InChI is InChI=1S/C25H25ClN2O3/c1-4-8-18(9-7-16-26)25(14-15-25)24(30)28-22-13-12-19(17(2)27-22)23(29)20-10-5-6-11-21(20)31-3/h4-13H,1,14-16H2,2-3H3,(H,27,28,30)/b9-7-,18-8+. The third-order valence-corrected chi connectivity index (χ3v) is 5.52. The van der Waals surface area contributed by atoms with Gasteiger partial charge in [0.2, 0.25) is 5.91 Å².